The number of nitrogens with zero attached hydrogens (tertiary/aromatic N) is 5. The van der Waals surface area contributed by atoms with Crippen molar-refractivity contribution in [2.24, 2.45) is 0 Å². The summed E-state index contributed by atoms with van der Waals surface area (Å²) in [6, 6.07) is 62.5. The van der Waals surface area contributed by atoms with Gasteiger partial charge in [0.25, 0.3) is 0 Å². The summed E-state index contributed by atoms with van der Waals surface area (Å²) in [5, 5.41) is 7.15. The first kappa shape index (κ1) is 30.3. The van der Waals surface area contributed by atoms with Gasteiger partial charge in [0.2, 0.25) is 5.95 Å². The van der Waals surface area contributed by atoms with Crippen LogP contribution in [0.4, 0.5) is 17.3 Å². The fourth-order valence-electron chi connectivity index (χ4n) is 8.58. The summed E-state index contributed by atoms with van der Waals surface area (Å²) in [6.07, 6.45) is 0. The lowest BCUT2D eigenvalue weighted by atomic mass is 9.91. The molecule has 8 aromatic carbocycles. The SMILES string of the molecule is c1ccc(-n2c3ccccc3c3cc(-c4nc(-c5cccc6c5sc5ccccc56)nc(N5c6ccccc6-c6cccc7cccc5c67)n4)ccc32)cc1. The molecule has 0 fully saturated rings. The molecular weight excluding hydrogens is 691 g/mol. The first-order chi connectivity index (χ1) is 27.3. The number of benzene rings is 8. The molecule has 0 saturated heterocycles. The minimum absolute atomic E-state index is 0.583. The van der Waals surface area contributed by atoms with E-state index in [0.29, 0.717) is 17.6 Å². The molecule has 5 nitrogen and oxygen atoms in total. The highest BCUT2D eigenvalue weighted by Gasteiger charge is 2.29. The van der Waals surface area contributed by atoms with E-state index < -0.39 is 0 Å². The van der Waals surface area contributed by atoms with Crippen molar-refractivity contribution in [1.82, 2.24) is 19.5 Å². The second kappa shape index (κ2) is 11.7. The van der Waals surface area contributed by atoms with Gasteiger partial charge in [0.1, 0.15) is 0 Å². The number of rotatable bonds is 4. The van der Waals surface area contributed by atoms with Crippen molar-refractivity contribution >= 4 is 81.4 Å². The number of para-hydroxylation sites is 3. The third-order valence-electron chi connectivity index (χ3n) is 11.0. The van der Waals surface area contributed by atoms with Gasteiger partial charge >= 0.3 is 0 Å². The van der Waals surface area contributed by atoms with E-state index in [1.165, 1.54) is 41.9 Å². The van der Waals surface area contributed by atoms with E-state index in [4.69, 9.17) is 15.0 Å². The second-order valence-corrected chi connectivity index (χ2v) is 15.1. The summed E-state index contributed by atoms with van der Waals surface area (Å²) in [7, 11) is 0. The maximum atomic E-state index is 5.39. The van der Waals surface area contributed by atoms with E-state index in [9.17, 15) is 0 Å². The standard InChI is InChI=1S/C49H29N5S/c1-2-15-32(16-3-1)53-40-23-7-5-18-34(40)39-29-31(27-28-42(39)53)47-50-48(38-22-12-21-37-35-19-6-9-26-44(35)55-46(37)38)52-49(51-47)54-41-24-8-4-17-33(41)36-20-10-13-30-14-11-25-43(54)45(30)36/h1-29H. The molecular formula is C49H29N5S. The van der Waals surface area contributed by atoms with Crippen LogP contribution in [0.3, 0.4) is 0 Å². The normalized spacial score (nSPS) is 12.3. The van der Waals surface area contributed by atoms with Crippen LogP contribution in [0.5, 0.6) is 0 Å². The van der Waals surface area contributed by atoms with E-state index in [-0.39, 0.29) is 0 Å². The highest BCUT2D eigenvalue weighted by molar-refractivity contribution is 7.26. The van der Waals surface area contributed by atoms with Gasteiger partial charge in [0, 0.05) is 58.7 Å². The molecule has 0 N–H and O–H groups in total. The number of aromatic nitrogens is 4. The van der Waals surface area contributed by atoms with E-state index >= 15 is 0 Å². The van der Waals surface area contributed by atoms with Crippen LogP contribution in [0.15, 0.2) is 176 Å². The lowest BCUT2D eigenvalue weighted by Gasteiger charge is -2.32. The fraction of sp³-hybridized carbons (Fsp3) is 0. The Morgan fingerprint density at radius 2 is 1.11 bits per heavy atom. The van der Waals surface area contributed by atoms with Crippen molar-refractivity contribution in [2.75, 3.05) is 4.90 Å². The summed E-state index contributed by atoms with van der Waals surface area (Å²) < 4.78 is 4.75. The molecule has 256 valence electrons. The molecule has 0 radical (unpaired) electrons. The van der Waals surface area contributed by atoms with E-state index in [1.54, 1.807) is 11.3 Å². The summed E-state index contributed by atoms with van der Waals surface area (Å²) in [6.45, 7) is 0. The van der Waals surface area contributed by atoms with Gasteiger partial charge in [-0.25, -0.2) is 4.98 Å². The fourth-order valence-corrected chi connectivity index (χ4v) is 9.79. The summed E-state index contributed by atoms with van der Waals surface area (Å²) >= 11 is 1.79. The van der Waals surface area contributed by atoms with Crippen LogP contribution in [-0.2, 0) is 0 Å². The number of hydrogen-bond acceptors (Lipinski definition) is 5. The molecule has 0 unspecified atom stereocenters. The molecule has 0 atom stereocenters. The van der Waals surface area contributed by atoms with Gasteiger partial charge in [-0.3, -0.25) is 4.90 Å². The number of thiophene rings is 1. The van der Waals surface area contributed by atoms with Gasteiger partial charge in [-0.05, 0) is 71.6 Å². The molecule has 0 saturated carbocycles. The number of anilines is 3. The molecule has 6 heteroatoms. The highest BCUT2D eigenvalue weighted by Crippen LogP contribution is 2.50. The lowest BCUT2D eigenvalue weighted by molar-refractivity contribution is 1.03. The molecule has 0 amide bonds. The topological polar surface area (TPSA) is 46.8 Å². The van der Waals surface area contributed by atoms with Crippen LogP contribution in [0.1, 0.15) is 0 Å². The van der Waals surface area contributed by atoms with Gasteiger partial charge in [-0.2, -0.15) is 9.97 Å². The Morgan fingerprint density at radius 3 is 2.04 bits per heavy atom. The monoisotopic (exact) mass is 719 g/mol. The van der Waals surface area contributed by atoms with Crippen LogP contribution in [0.25, 0.3) is 92.3 Å². The average molecular weight is 720 g/mol. The molecule has 0 aliphatic carbocycles. The smallest absolute Gasteiger partial charge is 0.238 e. The first-order valence-electron chi connectivity index (χ1n) is 18.5. The Bertz CT molecular complexity index is 3340. The second-order valence-electron chi connectivity index (χ2n) is 14.0. The van der Waals surface area contributed by atoms with E-state index in [2.05, 4.69) is 185 Å². The molecule has 4 heterocycles. The number of hydrogen-bond donors (Lipinski definition) is 0. The predicted molar refractivity (Wildman–Crippen MR) is 229 cm³/mol. The third-order valence-corrected chi connectivity index (χ3v) is 12.2. The molecule has 11 aromatic rings. The van der Waals surface area contributed by atoms with Crippen molar-refractivity contribution in [3.63, 3.8) is 0 Å². The first-order valence-corrected chi connectivity index (χ1v) is 19.3. The summed E-state index contributed by atoms with van der Waals surface area (Å²) in [5.74, 6) is 1.85. The van der Waals surface area contributed by atoms with Crippen molar-refractivity contribution in [3.8, 4) is 39.6 Å². The molecule has 12 rings (SSSR count). The minimum atomic E-state index is 0.583. The van der Waals surface area contributed by atoms with Gasteiger partial charge in [-0.1, -0.05) is 115 Å². The van der Waals surface area contributed by atoms with Crippen LogP contribution in [0, 0.1) is 0 Å². The van der Waals surface area contributed by atoms with Crippen molar-refractivity contribution < 1.29 is 0 Å². The van der Waals surface area contributed by atoms with Crippen LogP contribution in [-0.4, -0.2) is 19.5 Å². The van der Waals surface area contributed by atoms with Crippen LogP contribution < -0.4 is 4.90 Å². The zero-order chi connectivity index (χ0) is 36.0. The summed E-state index contributed by atoms with van der Waals surface area (Å²) in [4.78, 5) is 18.3. The van der Waals surface area contributed by atoms with E-state index in [0.717, 1.165) is 50.2 Å². The molecule has 55 heavy (non-hydrogen) atoms. The molecule has 3 aromatic heterocycles. The highest BCUT2D eigenvalue weighted by atomic mass is 32.1. The maximum Gasteiger partial charge on any atom is 0.238 e. The Kier molecular flexibility index (Phi) is 6.44. The molecule has 1 aliphatic heterocycles. The Morgan fingerprint density at radius 1 is 0.436 bits per heavy atom. The van der Waals surface area contributed by atoms with Crippen molar-refractivity contribution in [3.05, 3.63) is 176 Å². The average Bonchev–Trinajstić information content (AvgIpc) is 3.80. The molecule has 1 aliphatic rings. The summed E-state index contributed by atoms with van der Waals surface area (Å²) in [5.41, 5.74) is 9.80. The van der Waals surface area contributed by atoms with Gasteiger partial charge in [0.15, 0.2) is 11.6 Å². The molecule has 0 spiro atoms. The Hall–Kier alpha value is -7.15. The quantitative estimate of drug-likeness (QED) is 0.182. The lowest BCUT2D eigenvalue weighted by Crippen LogP contribution is -2.18. The Labute approximate surface area is 320 Å². The third kappa shape index (κ3) is 4.49. The van der Waals surface area contributed by atoms with Gasteiger partial charge in [0.05, 0.1) is 22.4 Å². The molecule has 0 bridgehead atoms. The van der Waals surface area contributed by atoms with Crippen LogP contribution in [0.2, 0.25) is 0 Å². The number of fused-ring (bicyclic) bond motifs is 8. The van der Waals surface area contributed by atoms with Gasteiger partial charge in [-0.15, -0.1) is 11.3 Å². The van der Waals surface area contributed by atoms with Crippen LogP contribution >= 0.6 is 11.3 Å². The zero-order valence-electron chi connectivity index (χ0n) is 29.4. The Balaban J connectivity index is 1.14. The largest absolute Gasteiger partial charge is 0.309 e. The maximum absolute atomic E-state index is 5.39. The van der Waals surface area contributed by atoms with Crippen molar-refractivity contribution in [2.45, 2.75) is 0 Å². The van der Waals surface area contributed by atoms with E-state index in [1.807, 2.05) is 0 Å². The van der Waals surface area contributed by atoms with Gasteiger partial charge < -0.3 is 4.57 Å². The zero-order valence-corrected chi connectivity index (χ0v) is 30.2. The minimum Gasteiger partial charge on any atom is -0.309 e. The predicted octanol–water partition coefficient (Wildman–Crippen LogP) is 13.3. The van der Waals surface area contributed by atoms with Crippen molar-refractivity contribution in [1.29, 1.82) is 0 Å².